The molecule has 65 valence electrons. The summed E-state index contributed by atoms with van der Waals surface area (Å²) in [6.07, 6.45) is 1.27. The number of amides is 1. The van der Waals surface area contributed by atoms with E-state index >= 15 is 0 Å². The summed E-state index contributed by atoms with van der Waals surface area (Å²) in [6.45, 7) is 10.5. The van der Waals surface area contributed by atoms with E-state index in [0.29, 0.717) is 18.9 Å². The van der Waals surface area contributed by atoms with E-state index in [1.165, 1.54) is 0 Å². The van der Waals surface area contributed by atoms with Crippen molar-refractivity contribution in [2.24, 2.45) is 0 Å². The summed E-state index contributed by atoms with van der Waals surface area (Å²) in [5, 5.41) is 0. The molecule has 0 fully saturated rings. The minimum Gasteiger partial charge on any atom is -0.341 e. The van der Waals surface area contributed by atoms with Gasteiger partial charge in [-0.05, 0) is 27.2 Å². The van der Waals surface area contributed by atoms with Crippen molar-refractivity contribution in [1.29, 1.82) is 0 Å². The van der Waals surface area contributed by atoms with E-state index < -0.39 is 0 Å². The lowest BCUT2D eigenvalue weighted by Gasteiger charge is -2.24. The summed E-state index contributed by atoms with van der Waals surface area (Å²) in [7, 11) is 0. The van der Waals surface area contributed by atoms with Crippen LogP contribution in [-0.2, 0) is 4.79 Å². The molecule has 0 heterocycles. The third-order valence-electron chi connectivity index (χ3n) is 1.68. The van der Waals surface area contributed by atoms with Crippen LogP contribution >= 0.6 is 0 Å². The fourth-order valence-electron chi connectivity index (χ4n) is 1.12. The molecule has 0 bridgehead atoms. The van der Waals surface area contributed by atoms with E-state index in [0.717, 1.165) is 6.54 Å². The van der Waals surface area contributed by atoms with Crippen molar-refractivity contribution in [3.63, 3.8) is 0 Å². The smallest absolute Gasteiger partial charge is 0.222 e. The van der Waals surface area contributed by atoms with E-state index in [4.69, 9.17) is 0 Å². The Kier molecular flexibility index (Phi) is 4.92. The van der Waals surface area contributed by atoms with Crippen molar-refractivity contribution in [3.8, 4) is 0 Å². The molecule has 0 aliphatic rings. The molecular formula is C9H18NO. The molecule has 0 aromatic heterocycles. The first kappa shape index (κ1) is 10.5. The summed E-state index contributed by atoms with van der Waals surface area (Å²) in [5.41, 5.74) is 0. The third kappa shape index (κ3) is 3.40. The molecule has 0 aromatic rings. The lowest BCUT2D eigenvalue weighted by molar-refractivity contribution is -0.132. The van der Waals surface area contributed by atoms with Gasteiger partial charge in [-0.3, -0.25) is 4.79 Å². The molecule has 0 saturated carbocycles. The summed E-state index contributed by atoms with van der Waals surface area (Å²) < 4.78 is 0. The predicted octanol–water partition coefficient (Wildman–Crippen LogP) is 1.86. The molecule has 2 heteroatoms. The second-order valence-electron chi connectivity index (χ2n) is 2.88. The van der Waals surface area contributed by atoms with E-state index in [-0.39, 0.29) is 5.91 Å². The second kappa shape index (κ2) is 5.16. The van der Waals surface area contributed by atoms with Crippen LogP contribution in [0.15, 0.2) is 0 Å². The molecule has 0 rings (SSSR count). The molecule has 0 saturated heterocycles. The highest BCUT2D eigenvalue weighted by molar-refractivity contribution is 5.76. The standard InChI is InChI=1S/C9H18NO/c1-5-7-9(11)10(6-2)8(3)4/h8H,1,5-7H2,2-4H3. The number of hydrogen-bond donors (Lipinski definition) is 0. The second-order valence-corrected chi connectivity index (χ2v) is 2.88. The van der Waals surface area contributed by atoms with Gasteiger partial charge in [0.2, 0.25) is 5.91 Å². The van der Waals surface area contributed by atoms with Crippen LogP contribution in [0.25, 0.3) is 0 Å². The van der Waals surface area contributed by atoms with Gasteiger partial charge in [0.25, 0.3) is 0 Å². The van der Waals surface area contributed by atoms with Crippen LogP contribution < -0.4 is 0 Å². The number of nitrogens with zero attached hydrogens (tertiary/aromatic N) is 1. The monoisotopic (exact) mass is 156 g/mol. The molecule has 11 heavy (non-hydrogen) atoms. The Bertz CT molecular complexity index is 121. The zero-order valence-electron chi connectivity index (χ0n) is 7.76. The van der Waals surface area contributed by atoms with Crippen LogP contribution in [0.4, 0.5) is 0 Å². The van der Waals surface area contributed by atoms with Crippen molar-refractivity contribution in [2.45, 2.75) is 39.7 Å². The van der Waals surface area contributed by atoms with Crippen molar-refractivity contribution >= 4 is 5.91 Å². The molecular weight excluding hydrogens is 138 g/mol. The first-order chi connectivity index (χ1) is 5.13. The van der Waals surface area contributed by atoms with Gasteiger partial charge in [0.1, 0.15) is 0 Å². The average Bonchev–Trinajstić information content (AvgIpc) is 1.88. The Morgan fingerprint density at radius 1 is 1.55 bits per heavy atom. The maximum atomic E-state index is 11.3. The topological polar surface area (TPSA) is 20.3 Å². The predicted molar refractivity (Wildman–Crippen MR) is 47.1 cm³/mol. The lowest BCUT2D eigenvalue weighted by atomic mass is 10.2. The van der Waals surface area contributed by atoms with Gasteiger partial charge in [0.15, 0.2) is 0 Å². The highest BCUT2D eigenvalue weighted by Gasteiger charge is 2.12. The molecule has 0 spiro atoms. The molecule has 0 aromatic carbocycles. The van der Waals surface area contributed by atoms with Gasteiger partial charge in [0, 0.05) is 19.0 Å². The van der Waals surface area contributed by atoms with E-state index in [2.05, 4.69) is 6.92 Å². The highest BCUT2D eigenvalue weighted by Crippen LogP contribution is 2.02. The fraction of sp³-hybridized carbons (Fsp3) is 0.778. The van der Waals surface area contributed by atoms with Gasteiger partial charge in [-0.15, -0.1) is 0 Å². The van der Waals surface area contributed by atoms with Gasteiger partial charge in [-0.1, -0.05) is 6.92 Å². The molecule has 1 radical (unpaired) electrons. The first-order valence-electron chi connectivity index (χ1n) is 4.22. The van der Waals surface area contributed by atoms with Crippen LogP contribution in [0.2, 0.25) is 0 Å². The average molecular weight is 156 g/mol. The summed E-state index contributed by atoms with van der Waals surface area (Å²) in [5.74, 6) is 0.220. The van der Waals surface area contributed by atoms with Crippen molar-refractivity contribution in [1.82, 2.24) is 4.90 Å². The minimum atomic E-state index is 0.220. The van der Waals surface area contributed by atoms with Crippen molar-refractivity contribution in [2.75, 3.05) is 6.54 Å². The first-order valence-corrected chi connectivity index (χ1v) is 4.22. The van der Waals surface area contributed by atoms with Gasteiger partial charge < -0.3 is 4.90 Å². The molecule has 0 aliphatic carbocycles. The van der Waals surface area contributed by atoms with Gasteiger partial charge >= 0.3 is 0 Å². The zero-order chi connectivity index (χ0) is 8.85. The Labute approximate surface area is 69.6 Å². The largest absolute Gasteiger partial charge is 0.341 e. The van der Waals surface area contributed by atoms with Gasteiger partial charge in [-0.25, -0.2) is 0 Å². The number of rotatable bonds is 4. The number of carbonyl (C=O) groups excluding carboxylic acids is 1. The van der Waals surface area contributed by atoms with Crippen LogP contribution in [0, 0.1) is 6.92 Å². The van der Waals surface area contributed by atoms with Crippen molar-refractivity contribution in [3.05, 3.63) is 6.92 Å². The maximum Gasteiger partial charge on any atom is 0.222 e. The third-order valence-corrected chi connectivity index (χ3v) is 1.68. The quantitative estimate of drug-likeness (QED) is 0.608. The summed E-state index contributed by atoms with van der Waals surface area (Å²) >= 11 is 0. The number of hydrogen-bond acceptors (Lipinski definition) is 1. The SMILES string of the molecule is [CH2]CCC(=O)N(CC)C(C)C. The van der Waals surface area contributed by atoms with Gasteiger partial charge in [0.05, 0.1) is 0 Å². The molecule has 0 N–H and O–H groups in total. The number of carbonyl (C=O) groups is 1. The van der Waals surface area contributed by atoms with Crippen LogP contribution in [0.3, 0.4) is 0 Å². The summed E-state index contributed by atoms with van der Waals surface area (Å²) in [4.78, 5) is 13.2. The lowest BCUT2D eigenvalue weighted by Crippen LogP contribution is -2.36. The zero-order valence-corrected chi connectivity index (χ0v) is 7.76. The van der Waals surface area contributed by atoms with Crippen LogP contribution in [0.1, 0.15) is 33.6 Å². The summed E-state index contributed by atoms with van der Waals surface area (Å²) in [6, 6.07) is 0.319. The Hall–Kier alpha value is -0.530. The Balaban J connectivity index is 3.92. The normalized spacial score (nSPS) is 10.3. The molecule has 1 amide bonds. The molecule has 0 atom stereocenters. The van der Waals surface area contributed by atoms with E-state index in [1.807, 2.05) is 25.7 Å². The molecule has 2 nitrogen and oxygen atoms in total. The fourth-order valence-corrected chi connectivity index (χ4v) is 1.12. The minimum absolute atomic E-state index is 0.220. The highest BCUT2D eigenvalue weighted by atomic mass is 16.2. The van der Waals surface area contributed by atoms with Crippen LogP contribution in [0.5, 0.6) is 0 Å². The van der Waals surface area contributed by atoms with Crippen molar-refractivity contribution < 1.29 is 4.79 Å². The van der Waals surface area contributed by atoms with Gasteiger partial charge in [-0.2, -0.15) is 0 Å². The van der Waals surface area contributed by atoms with E-state index in [9.17, 15) is 4.79 Å². The Morgan fingerprint density at radius 2 is 2.09 bits per heavy atom. The Morgan fingerprint density at radius 3 is 2.36 bits per heavy atom. The maximum absolute atomic E-state index is 11.3. The molecule has 0 aliphatic heterocycles. The van der Waals surface area contributed by atoms with E-state index in [1.54, 1.807) is 0 Å². The molecule has 0 unspecified atom stereocenters. The van der Waals surface area contributed by atoms with Crippen LogP contribution in [-0.4, -0.2) is 23.4 Å².